The van der Waals surface area contributed by atoms with Gasteiger partial charge in [-0.3, -0.25) is 9.69 Å². The Morgan fingerprint density at radius 3 is 2.74 bits per heavy atom. The van der Waals surface area contributed by atoms with Gasteiger partial charge >= 0.3 is 0 Å². The van der Waals surface area contributed by atoms with Crippen LogP contribution < -0.4 is 5.32 Å². The summed E-state index contributed by atoms with van der Waals surface area (Å²) in [5.74, 6) is 0.0919. The van der Waals surface area contributed by atoms with Gasteiger partial charge in [-0.1, -0.05) is 0 Å². The lowest BCUT2D eigenvalue weighted by atomic mass is 10.2. The van der Waals surface area contributed by atoms with E-state index in [-0.39, 0.29) is 11.9 Å². The summed E-state index contributed by atoms with van der Waals surface area (Å²) in [6, 6.07) is 1.96. The van der Waals surface area contributed by atoms with Crippen LogP contribution in [0.1, 0.15) is 13.3 Å². The van der Waals surface area contributed by atoms with E-state index in [1.54, 1.807) is 12.0 Å². The van der Waals surface area contributed by atoms with Crippen LogP contribution in [0.2, 0.25) is 0 Å². The minimum Gasteiger partial charge on any atom is -0.383 e. The largest absolute Gasteiger partial charge is 0.383 e. The summed E-state index contributed by atoms with van der Waals surface area (Å²) in [6.45, 7) is 7.11. The van der Waals surface area contributed by atoms with Gasteiger partial charge in [0, 0.05) is 46.4 Å². The lowest BCUT2D eigenvalue weighted by Gasteiger charge is -2.35. The van der Waals surface area contributed by atoms with Crippen LogP contribution in [0.3, 0.4) is 0 Å². The van der Waals surface area contributed by atoms with Gasteiger partial charge in [0.1, 0.15) is 0 Å². The number of methoxy groups -OCH3 is 1. The Bertz CT molecular complexity index is 310. The van der Waals surface area contributed by atoms with Crippen molar-refractivity contribution in [2.45, 2.75) is 19.4 Å². The smallest absolute Gasteiger partial charge is 0.239 e. The van der Waals surface area contributed by atoms with Crippen molar-refractivity contribution in [3.05, 3.63) is 0 Å². The van der Waals surface area contributed by atoms with E-state index >= 15 is 0 Å². The molecule has 1 unspecified atom stereocenters. The van der Waals surface area contributed by atoms with Crippen molar-refractivity contribution < 1.29 is 9.53 Å². The van der Waals surface area contributed by atoms with Crippen molar-refractivity contribution in [1.29, 1.82) is 5.26 Å². The van der Waals surface area contributed by atoms with Crippen molar-refractivity contribution in [2.75, 3.05) is 53.0 Å². The Balaban J connectivity index is 2.54. The number of rotatable bonds is 7. The van der Waals surface area contributed by atoms with E-state index in [0.717, 1.165) is 26.2 Å². The quantitative estimate of drug-likeness (QED) is 0.685. The molecule has 0 aliphatic carbocycles. The molecule has 1 heterocycles. The fourth-order valence-electron chi connectivity index (χ4n) is 2.21. The Hall–Kier alpha value is -1.16. The number of amides is 1. The second kappa shape index (κ2) is 8.86. The van der Waals surface area contributed by atoms with Crippen LogP contribution in [0.25, 0.3) is 0 Å². The Kier molecular flexibility index (Phi) is 7.41. The summed E-state index contributed by atoms with van der Waals surface area (Å²) in [6.07, 6.45) is 0.365. The van der Waals surface area contributed by atoms with E-state index in [0.29, 0.717) is 26.1 Å². The maximum atomic E-state index is 12.5. The van der Waals surface area contributed by atoms with Gasteiger partial charge in [-0.25, -0.2) is 0 Å². The lowest BCUT2D eigenvalue weighted by Crippen LogP contribution is -2.54. The fourth-order valence-corrected chi connectivity index (χ4v) is 2.21. The molecule has 0 saturated carbocycles. The summed E-state index contributed by atoms with van der Waals surface area (Å²) < 4.78 is 5.03. The number of piperazine rings is 1. The summed E-state index contributed by atoms with van der Waals surface area (Å²) in [5.41, 5.74) is 0. The molecule has 1 fully saturated rings. The first-order valence-corrected chi connectivity index (χ1v) is 6.80. The van der Waals surface area contributed by atoms with Crippen LogP contribution in [0.15, 0.2) is 0 Å². The van der Waals surface area contributed by atoms with Gasteiger partial charge in [-0.2, -0.15) is 5.26 Å². The molecule has 0 aromatic carbocycles. The molecular formula is C13H24N4O2. The fraction of sp³-hybridized carbons (Fsp3) is 0.846. The van der Waals surface area contributed by atoms with E-state index in [1.807, 2.05) is 6.92 Å². The van der Waals surface area contributed by atoms with Gasteiger partial charge < -0.3 is 15.0 Å². The van der Waals surface area contributed by atoms with Crippen LogP contribution in [0, 0.1) is 11.3 Å². The summed E-state index contributed by atoms with van der Waals surface area (Å²) in [4.78, 5) is 16.4. The summed E-state index contributed by atoms with van der Waals surface area (Å²) in [5, 5.41) is 11.9. The molecule has 0 spiro atoms. The Morgan fingerprint density at radius 2 is 2.16 bits per heavy atom. The highest BCUT2D eigenvalue weighted by molar-refractivity contribution is 5.81. The third kappa shape index (κ3) is 5.15. The van der Waals surface area contributed by atoms with Gasteiger partial charge in [0.2, 0.25) is 5.91 Å². The molecule has 1 saturated heterocycles. The Labute approximate surface area is 115 Å². The molecule has 6 nitrogen and oxygen atoms in total. The number of hydrogen-bond donors (Lipinski definition) is 1. The highest BCUT2D eigenvalue weighted by atomic mass is 16.5. The molecule has 1 N–H and O–H groups in total. The molecule has 19 heavy (non-hydrogen) atoms. The van der Waals surface area contributed by atoms with E-state index in [9.17, 15) is 4.79 Å². The SMILES string of the molecule is COCCN(CCC#N)C(=O)C(C)N1CCNCC1. The molecule has 1 rings (SSSR count). The second-order valence-electron chi connectivity index (χ2n) is 4.69. The standard InChI is InChI=1S/C13H24N4O2/c1-12(16-8-5-15-6-9-16)13(18)17(7-3-4-14)10-11-19-2/h12,15H,3,5-11H2,1-2H3. The summed E-state index contributed by atoms with van der Waals surface area (Å²) >= 11 is 0. The van der Waals surface area contributed by atoms with E-state index in [2.05, 4.69) is 16.3 Å². The van der Waals surface area contributed by atoms with Crippen molar-refractivity contribution in [1.82, 2.24) is 15.1 Å². The average molecular weight is 268 g/mol. The molecule has 0 aromatic rings. The van der Waals surface area contributed by atoms with Gasteiger partial charge in [0.05, 0.1) is 25.1 Å². The third-order valence-electron chi connectivity index (χ3n) is 3.43. The minimum absolute atomic E-state index is 0.0919. The zero-order valence-electron chi connectivity index (χ0n) is 11.9. The highest BCUT2D eigenvalue weighted by Crippen LogP contribution is 2.06. The van der Waals surface area contributed by atoms with Crippen LogP contribution in [-0.2, 0) is 9.53 Å². The molecule has 1 aliphatic rings. The number of hydrogen-bond acceptors (Lipinski definition) is 5. The van der Waals surface area contributed by atoms with Crippen LogP contribution in [0.5, 0.6) is 0 Å². The first-order valence-electron chi connectivity index (χ1n) is 6.80. The maximum Gasteiger partial charge on any atom is 0.239 e. The normalized spacial score (nSPS) is 17.7. The minimum atomic E-state index is -0.127. The van der Waals surface area contributed by atoms with Crippen LogP contribution in [0.4, 0.5) is 0 Å². The zero-order chi connectivity index (χ0) is 14.1. The predicted octanol–water partition coefficient (Wildman–Crippen LogP) is -0.331. The molecule has 0 radical (unpaired) electrons. The van der Waals surface area contributed by atoms with E-state index in [4.69, 9.17) is 10.00 Å². The number of nitrogens with one attached hydrogen (secondary N) is 1. The number of carbonyl (C=O) groups is 1. The van der Waals surface area contributed by atoms with Crippen molar-refractivity contribution in [3.63, 3.8) is 0 Å². The molecular weight excluding hydrogens is 244 g/mol. The first kappa shape index (κ1) is 15.9. The number of nitrogens with zero attached hydrogens (tertiary/aromatic N) is 3. The van der Waals surface area contributed by atoms with Crippen molar-refractivity contribution >= 4 is 5.91 Å². The molecule has 6 heteroatoms. The lowest BCUT2D eigenvalue weighted by molar-refractivity contribution is -0.137. The van der Waals surface area contributed by atoms with E-state index in [1.165, 1.54) is 0 Å². The van der Waals surface area contributed by atoms with Gasteiger partial charge in [0.15, 0.2) is 0 Å². The molecule has 1 atom stereocenters. The van der Waals surface area contributed by atoms with Crippen molar-refractivity contribution in [3.8, 4) is 6.07 Å². The average Bonchev–Trinajstić information content (AvgIpc) is 2.47. The number of ether oxygens (including phenoxy) is 1. The number of nitriles is 1. The highest BCUT2D eigenvalue weighted by Gasteiger charge is 2.26. The molecule has 1 aliphatic heterocycles. The van der Waals surface area contributed by atoms with E-state index < -0.39 is 0 Å². The van der Waals surface area contributed by atoms with Gasteiger partial charge in [-0.15, -0.1) is 0 Å². The van der Waals surface area contributed by atoms with Gasteiger partial charge in [0.25, 0.3) is 0 Å². The Morgan fingerprint density at radius 1 is 1.47 bits per heavy atom. The molecule has 1 amide bonds. The molecule has 0 aromatic heterocycles. The molecule has 0 bridgehead atoms. The van der Waals surface area contributed by atoms with Crippen LogP contribution in [-0.4, -0.2) is 74.7 Å². The topological polar surface area (TPSA) is 68.6 Å². The van der Waals surface area contributed by atoms with Crippen LogP contribution >= 0.6 is 0 Å². The second-order valence-corrected chi connectivity index (χ2v) is 4.69. The third-order valence-corrected chi connectivity index (χ3v) is 3.43. The number of carbonyl (C=O) groups excluding carboxylic acids is 1. The van der Waals surface area contributed by atoms with Crippen molar-refractivity contribution in [2.24, 2.45) is 0 Å². The van der Waals surface area contributed by atoms with Gasteiger partial charge in [-0.05, 0) is 6.92 Å². The molecule has 108 valence electrons. The monoisotopic (exact) mass is 268 g/mol. The predicted molar refractivity (Wildman–Crippen MR) is 72.6 cm³/mol. The first-order chi connectivity index (χ1) is 9.20. The maximum absolute atomic E-state index is 12.5. The summed E-state index contributed by atoms with van der Waals surface area (Å²) in [7, 11) is 1.62. The zero-order valence-corrected chi connectivity index (χ0v) is 11.9.